The lowest BCUT2D eigenvalue weighted by atomic mass is 10.1. The van der Waals surface area contributed by atoms with E-state index in [0.717, 1.165) is 21.1 Å². The Morgan fingerprint density at radius 1 is 1.06 bits per heavy atom. The predicted octanol–water partition coefficient (Wildman–Crippen LogP) is 6.83. The predicted molar refractivity (Wildman–Crippen MR) is 135 cm³/mol. The van der Waals surface area contributed by atoms with Crippen LogP contribution in [0.4, 0.5) is 10.5 Å². The van der Waals surface area contributed by atoms with Gasteiger partial charge < -0.3 is 4.74 Å². The SMILES string of the molecule is O=C1S/C(=C\c2cc(Br)ccc2OCc2ccccc2[N+](=O)[O-])C(=O)N1Cc1ccccc1Cl. The van der Waals surface area contributed by atoms with Crippen LogP contribution in [0.5, 0.6) is 5.75 Å². The molecule has 10 heteroatoms. The van der Waals surface area contributed by atoms with Gasteiger partial charge in [0.15, 0.2) is 0 Å². The molecule has 0 spiro atoms. The zero-order chi connectivity index (χ0) is 24.2. The number of ether oxygens (including phenoxy) is 1. The van der Waals surface area contributed by atoms with Crippen molar-refractivity contribution in [1.29, 1.82) is 0 Å². The third-order valence-electron chi connectivity index (χ3n) is 4.99. The van der Waals surface area contributed by atoms with Gasteiger partial charge in [-0.15, -0.1) is 0 Å². The van der Waals surface area contributed by atoms with Crippen molar-refractivity contribution >= 4 is 62.2 Å². The molecular formula is C24H16BrClN2O5S. The number of hydrogen-bond donors (Lipinski definition) is 0. The van der Waals surface area contributed by atoms with E-state index in [4.69, 9.17) is 16.3 Å². The Morgan fingerprint density at radius 3 is 2.50 bits per heavy atom. The Kier molecular flexibility index (Phi) is 7.35. The Labute approximate surface area is 212 Å². The number of thioether (sulfide) groups is 1. The molecule has 0 unspecified atom stereocenters. The molecule has 0 aliphatic carbocycles. The number of hydrogen-bond acceptors (Lipinski definition) is 6. The molecule has 0 bridgehead atoms. The number of nitrogens with zero attached hydrogens (tertiary/aromatic N) is 2. The molecule has 172 valence electrons. The molecule has 3 aromatic carbocycles. The molecule has 1 aliphatic heterocycles. The van der Waals surface area contributed by atoms with E-state index in [0.29, 0.717) is 27.5 Å². The second kappa shape index (κ2) is 10.4. The standard InChI is InChI=1S/C24H16BrClN2O5S/c25-18-9-10-21(33-14-16-6-2-4-8-20(16)28(31)32)17(11-18)12-22-23(29)27(24(30)34-22)13-15-5-1-3-7-19(15)26/h1-12H,13-14H2/b22-12-. The zero-order valence-corrected chi connectivity index (χ0v) is 20.6. The number of carbonyl (C=O) groups is 2. The maximum absolute atomic E-state index is 13.0. The number of benzene rings is 3. The number of nitro groups is 1. The topological polar surface area (TPSA) is 89.7 Å². The van der Waals surface area contributed by atoms with Crippen molar-refractivity contribution in [3.63, 3.8) is 0 Å². The lowest BCUT2D eigenvalue weighted by Crippen LogP contribution is -2.27. The van der Waals surface area contributed by atoms with Crippen LogP contribution in [0.2, 0.25) is 5.02 Å². The van der Waals surface area contributed by atoms with Crippen LogP contribution in [0.15, 0.2) is 76.1 Å². The van der Waals surface area contributed by atoms with Crippen LogP contribution < -0.4 is 4.74 Å². The van der Waals surface area contributed by atoms with E-state index in [1.54, 1.807) is 66.7 Å². The fourth-order valence-corrected chi connectivity index (χ4v) is 4.71. The van der Waals surface area contributed by atoms with Crippen LogP contribution in [0.1, 0.15) is 16.7 Å². The van der Waals surface area contributed by atoms with E-state index in [1.165, 1.54) is 6.07 Å². The van der Waals surface area contributed by atoms with Crippen LogP contribution in [0, 0.1) is 10.1 Å². The number of amides is 2. The summed E-state index contributed by atoms with van der Waals surface area (Å²) < 4.78 is 6.62. The molecule has 3 aromatic rings. The monoisotopic (exact) mass is 558 g/mol. The first-order valence-electron chi connectivity index (χ1n) is 9.97. The van der Waals surface area contributed by atoms with Gasteiger partial charge in [-0.2, -0.15) is 0 Å². The summed E-state index contributed by atoms with van der Waals surface area (Å²) in [6.45, 7) is 0.0365. The maximum atomic E-state index is 13.0. The van der Waals surface area contributed by atoms with Crippen molar-refractivity contribution in [3.05, 3.63) is 108 Å². The minimum atomic E-state index is -0.462. The molecule has 1 fully saturated rings. The molecular weight excluding hydrogens is 544 g/mol. The highest BCUT2D eigenvalue weighted by Gasteiger charge is 2.35. The molecule has 0 N–H and O–H groups in total. The van der Waals surface area contributed by atoms with Gasteiger partial charge in [-0.25, -0.2) is 0 Å². The summed E-state index contributed by atoms with van der Waals surface area (Å²) in [4.78, 5) is 37.7. The van der Waals surface area contributed by atoms with Crippen molar-refractivity contribution in [2.24, 2.45) is 0 Å². The summed E-state index contributed by atoms with van der Waals surface area (Å²) in [5, 5.41) is 11.4. The Bertz CT molecular complexity index is 1330. The number of para-hydroxylation sites is 1. The second-order valence-corrected chi connectivity index (χ2v) is 9.53. The summed E-state index contributed by atoms with van der Waals surface area (Å²) >= 11 is 10.4. The fourth-order valence-electron chi connectivity index (χ4n) is 3.30. The molecule has 4 rings (SSSR count). The number of rotatable bonds is 7. The van der Waals surface area contributed by atoms with E-state index >= 15 is 0 Å². The third kappa shape index (κ3) is 5.32. The quantitative estimate of drug-likeness (QED) is 0.179. The summed E-state index contributed by atoms with van der Waals surface area (Å²) in [6.07, 6.45) is 1.58. The molecule has 34 heavy (non-hydrogen) atoms. The average molecular weight is 560 g/mol. The fraction of sp³-hybridized carbons (Fsp3) is 0.0833. The highest BCUT2D eigenvalue weighted by atomic mass is 79.9. The van der Waals surface area contributed by atoms with Gasteiger partial charge in [0.1, 0.15) is 12.4 Å². The summed E-state index contributed by atoms with van der Waals surface area (Å²) in [6, 6.07) is 18.6. The Morgan fingerprint density at radius 2 is 1.76 bits per heavy atom. The molecule has 7 nitrogen and oxygen atoms in total. The first-order chi connectivity index (χ1) is 16.3. The normalized spacial score (nSPS) is 14.6. The zero-order valence-electron chi connectivity index (χ0n) is 17.4. The average Bonchev–Trinajstić information content (AvgIpc) is 3.07. The van der Waals surface area contributed by atoms with Gasteiger partial charge in [-0.1, -0.05) is 57.9 Å². The Balaban J connectivity index is 1.58. The minimum absolute atomic E-state index is 0.0341. The van der Waals surface area contributed by atoms with Crippen LogP contribution in [0.3, 0.4) is 0 Å². The third-order valence-corrected chi connectivity index (χ3v) is 6.76. The number of halogens is 2. The lowest BCUT2D eigenvalue weighted by Gasteiger charge is -2.13. The van der Waals surface area contributed by atoms with E-state index < -0.39 is 16.1 Å². The molecule has 1 saturated heterocycles. The molecule has 2 amide bonds. The van der Waals surface area contributed by atoms with Gasteiger partial charge in [0.05, 0.1) is 21.9 Å². The number of carbonyl (C=O) groups excluding carboxylic acids is 2. The van der Waals surface area contributed by atoms with Crippen molar-refractivity contribution < 1.29 is 19.2 Å². The van der Waals surface area contributed by atoms with Gasteiger partial charge >= 0.3 is 0 Å². The molecule has 0 aromatic heterocycles. The first-order valence-corrected chi connectivity index (χ1v) is 12.0. The van der Waals surface area contributed by atoms with Crippen molar-refractivity contribution in [1.82, 2.24) is 4.90 Å². The van der Waals surface area contributed by atoms with Crippen LogP contribution in [0.25, 0.3) is 6.08 Å². The maximum Gasteiger partial charge on any atom is 0.293 e. The van der Waals surface area contributed by atoms with Gasteiger partial charge in [-0.3, -0.25) is 24.6 Å². The van der Waals surface area contributed by atoms with E-state index in [2.05, 4.69) is 15.9 Å². The van der Waals surface area contributed by atoms with Crippen LogP contribution in [-0.4, -0.2) is 21.0 Å². The molecule has 0 saturated carbocycles. The van der Waals surface area contributed by atoms with Gasteiger partial charge in [0.2, 0.25) is 0 Å². The molecule has 1 heterocycles. The molecule has 0 radical (unpaired) electrons. The van der Waals surface area contributed by atoms with Crippen LogP contribution >= 0.6 is 39.3 Å². The smallest absolute Gasteiger partial charge is 0.293 e. The highest BCUT2D eigenvalue weighted by molar-refractivity contribution is 9.10. The number of nitro benzene ring substituents is 1. The van der Waals surface area contributed by atoms with Gasteiger partial charge in [0, 0.05) is 21.1 Å². The minimum Gasteiger partial charge on any atom is -0.488 e. The van der Waals surface area contributed by atoms with E-state index in [9.17, 15) is 19.7 Å². The molecule has 0 atom stereocenters. The summed E-state index contributed by atoms with van der Waals surface area (Å²) in [5.41, 5.74) is 1.60. The summed E-state index contributed by atoms with van der Waals surface area (Å²) in [7, 11) is 0. The second-order valence-electron chi connectivity index (χ2n) is 7.22. The first kappa shape index (κ1) is 24.0. The molecule has 1 aliphatic rings. The Hall–Kier alpha value is -3.14. The van der Waals surface area contributed by atoms with Gasteiger partial charge in [0.25, 0.3) is 16.8 Å². The van der Waals surface area contributed by atoms with Gasteiger partial charge in [-0.05, 0) is 53.7 Å². The largest absolute Gasteiger partial charge is 0.488 e. The van der Waals surface area contributed by atoms with Crippen molar-refractivity contribution in [2.45, 2.75) is 13.2 Å². The van der Waals surface area contributed by atoms with E-state index in [-0.39, 0.29) is 23.7 Å². The lowest BCUT2D eigenvalue weighted by molar-refractivity contribution is -0.385. The van der Waals surface area contributed by atoms with Crippen molar-refractivity contribution in [2.75, 3.05) is 0 Å². The summed E-state index contributed by atoms with van der Waals surface area (Å²) in [5.74, 6) is -0.0150. The van der Waals surface area contributed by atoms with E-state index in [1.807, 2.05) is 0 Å². The van der Waals surface area contributed by atoms with Crippen molar-refractivity contribution in [3.8, 4) is 5.75 Å². The highest BCUT2D eigenvalue weighted by Crippen LogP contribution is 2.36. The number of imide groups is 1. The van der Waals surface area contributed by atoms with Crippen LogP contribution in [-0.2, 0) is 17.9 Å².